The molecule has 0 spiro atoms. The van der Waals surface area contributed by atoms with Crippen LogP contribution in [0.4, 0.5) is 5.69 Å². The topological polar surface area (TPSA) is 77.9 Å². The number of fused-ring (bicyclic) bond motifs is 1. The number of anilines is 1. The second-order valence-electron chi connectivity index (χ2n) is 6.39. The molecule has 2 aromatic rings. The van der Waals surface area contributed by atoms with E-state index in [1.807, 2.05) is 24.3 Å². The van der Waals surface area contributed by atoms with Crippen molar-refractivity contribution in [2.45, 2.75) is 6.54 Å². The lowest BCUT2D eigenvalue weighted by Gasteiger charge is -2.17. The third-order valence-electron chi connectivity index (χ3n) is 4.55. The number of aliphatic carboxylic acids is 1. The van der Waals surface area contributed by atoms with Crippen molar-refractivity contribution in [2.75, 3.05) is 11.4 Å². The number of thioether (sulfide) groups is 1. The summed E-state index contributed by atoms with van der Waals surface area (Å²) in [5.74, 6) is -2.05. The first-order chi connectivity index (χ1) is 13.9. The monoisotopic (exact) mass is 444 g/mol. The Bertz CT molecular complexity index is 1100. The quantitative estimate of drug-likeness (QED) is 0.574. The highest BCUT2D eigenvalue weighted by Gasteiger charge is 2.42. The summed E-state index contributed by atoms with van der Waals surface area (Å²) < 4.78 is 0.126. The first kappa shape index (κ1) is 19.6. The molecule has 4 rings (SSSR count). The van der Waals surface area contributed by atoms with Gasteiger partial charge in [-0.05, 0) is 23.8 Å². The zero-order chi connectivity index (χ0) is 20.7. The van der Waals surface area contributed by atoms with Crippen LogP contribution in [0.3, 0.4) is 0 Å². The Labute approximate surface area is 180 Å². The molecule has 1 N–H and O–H groups in total. The van der Waals surface area contributed by atoms with Crippen LogP contribution in [-0.4, -0.2) is 38.7 Å². The van der Waals surface area contributed by atoms with Gasteiger partial charge in [0.1, 0.15) is 10.9 Å². The van der Waals surface area contributed by atoms with Crippen LogP contribution in [0.5, 0.6) is 0 Å². The lowest BCUT2D eigenvalue weighted by Crippen LogP contribution is -2.33. The average molecular weight is 445 g/mol. The second-order valence-corrected chi connectivity index (χ2v) is 8.47. The summed E-state index contributed by atoms with van der Waals surface area (Å²) in [4.78, 5) is 39.9. The normalized spacial score (nSPS) is 18.6. The van der Waals surface area contributed by atoms with Gasteiger partial charge in [0.05, 0.1) is 22.7 Å². The van der Waals surface area contributed by atoms with Crippen LogP contribution in [0.2, 0.25) is 5.02 Å². The predicted octanol–water partition coefficient (Wildman–Crippen LogP) is 3.54. The maximum absolute atomic E-state index is 13.3. The van der Waals surface area contributed by atoms with Crippen LogP contribution in [0, 0.1) is 0 Å². The van der Waals surface area contributed by atoms with E-state index in [0.717, 1.165) is 22.2 Å². The van der Waals surface area contributed by atoms with Gasteiger partial charge in [-0.1, -0.05) is 65.9 Å². The number of hydrogen-bond donors (Lipinski definition) is 1. The van der Waals surface area contributed by atoms with E-state index in [-0.39, 0.29) is 20.7 Å². The molecule has 2 heterocycles. The third-order valence-corrected chi connectivity index (χ3v) is 6.25. The number of carboxylic acid groups (broad SMARTS) is 1. The number of hydrogen-bond acceptors (Lipinski definition) is 5. The molecule has 9 heteroatoms. The number of amides is 2. The van der Waals surface area contributed by atoms with Crippen LogP contribution in [0.15, 0.2) is 53.4 Å². The molecular formula is C20H13ClN2O4S2. The molecule has 1 saturated heterocycles. The number of nitrogens with zero attached hydrogens (tertiary/aromatic N) is 2. The maximum atomic E-state index is 13.3. The molecular weight excluding hydrogens is 432 g/mol. The number of carbonyl (C=O) groups excluding carboxylic acids is 2. The van der Waals surface area contributed by atoms with Crippen molar-refractivity contribution in [3.8, 4) is 0 Å². The smallest absolute Gasteiger partial charge is 0.323 e. The second kappa shape index (κ2) is 7.62. The Morgan fingerprint density at radius 1 is 1.03 bits per heavy atom. The highest BCUT2D eigenvalue weighted by Crippen LogP contribution is 2.44. The molecule has 0 aliphatic carbocycles. The van der Waals surface area contributed by atoms with E-state index in [0.29, 0.717) is 22.8 Å². The van der Waals surface area contributed by atoms with Crippen molar-refractivity contribution in [1.82, 2.24) is 4.90 Å². The summed E-state index contributed by atoms with van der Waals surface area (Å²) >= 11 is 12.1. The molecule has 146 valence electrons. The minimum atomic E-state index is -1.17. The van der Waals surface area contributed by atoms with Gasteiger partial charge in [-0.2, -0.15) is 0 Å². The van der Waals surface area contributed by atoms with Gasteiger partial charge >= 0.3 is 5.97 Å². The lowest BCUT2D eigenvalue weighted by atomic mass is 10.1. The van der Waals surface area contributed by atoms with E-state index in [1.54, 1.807) is 29.2 Å². The number of carboxylic acids is 1. The van der Waals surface area contributed by atoms with E-state index in [1.165, 1.54) is 0 Å². The first-order valence-corrected chi connectivity index (χ1v) is 10.1. The molecule has 2 aliphatic rings. The number of halogens is 1. The number of para-hydroxylation sites is 1. The van der Waals surface area contributed by atoms with Gasteiger partial charge in [0.15, 0.2) is 0 Å². The molecule has 0 saturated carbocycles. The summed E-state index contributed by atoms with van der Waals surface area (Å²) in [5.41, 5.74) is 2.45. The summed E-state index contributed by atoms with van der Waals surface area (Å²) in [6.45, 7) is -0.224. The average Bonchev–Trinajstić information content (AvgIpc) is 3.11. The van der Waals surface area contributed by atoms with Gasteiger partial charge in [0, 0.05) is 10.6 Å². The maximum Gasteiger partial charge on any atom is 0.323 e. The highest BCUT2D eigenvalue weighted by atomic mass is 35.5. The predicted molar refractivity (Wildman–Crippen MR) is 116 cm³/mol. The lowest BCUT2D eigenvalue weighted by molar-refractivity contribution is -0.140. The molecule has 0 radical (unpaired) electrons. The minimum absolute atomic E-state index is 0.126. The van der Waals surface area contributed by atoms with Gasteiger partial charge in [0.2, 0.25) is 0 Å². The highest BCUT2D eigenvalue weighted by molar-refractivity contribution is 8.26. The van der Waals surface area contributed by atoms with Crippen LogP contribution in [0.1, 0.15) is 11.1 Å². The Morgan fingerprint density at radius 3 is 2.41 bits per heavy atom. The van der Waals surface area contributed by atoms with Crippen LogP contribution < -0.4 is 4.90 Å². The van der Waals surface area contributed by atoms with Crippen molar-refractivity contribution in [3.05, 3.63) is 69.6 Å². The van der Waals surface area contributed by atoms with Crippen molar-refractivity contribution in [2.24, 2.45) is 0 Å². The van der Waals surface area contributed by atoms with Crippen molar-refractivity contribution in [1.29, 1.82) is 0 Å². The molecule has 1 fully saturated rings. The molecule has 29 heavy (non-hydrogen) atoms. The molecule has 2 aliphatic heterocycles. The van der Waals surface area contributed by atoms with E-state index in [2.05, 4.69) is 0 Å². The van der Waals surface area contributed by atoms with Gasteiger partial charge < -0.3 is 10.0 Å². The SMILES string of the molecule is O=C(O)CN1C(=O)/C(=C2\C(=O)N(Cc3ccc(Cl)cc3)c3ccccc32)SC1=S. The summed E-state index contributed by atoms with van der Waals surface area (Å²) in [6.07, 6.45) is 0. The third kappa shape index (κ3) is 3.55. The van der Waals surface area contributed by atoms with E-state index < -0.39 is 18.4 Å². The summed E-state index contributed by atoms with van der Waals surface area (Å²) in [6, 6.07) is 14.4. The van der Waals surface area contributed by atoms with Crippen molar-refractivity contribution >= 4 is 68.9 Å². The van der Waals surface area contributed by atoms with E-state index in [9.17, 15) is 14.4 Å². The fourth-order valence-electron chi connectivity index (χ4n) is 3.25. The van der Waals surface area contributed by atoms with Crippen LogP contribution in [-0.2, 0) is 20.9 Å². The van der Waals surface area contributed by atoms with E-state index >= 15 is 0 Å². The number of benzene rings is 2. The molecule has 6 nitrogen and oxygen atoms in total. The summed E-state index contributed by atoms with van der Waals surface area (Å²) in [5, 5.41) is 9.63. The Hall–Kier alpha value is -2.68. The minimum Gasteiger partial charge on any atom is -0.480 e. The van der Waals surface area contributed by atoms with Gasteiger partial charge in [0.25, 0.3) is 11.8 Å². The number of thiocarbonyl (C=S) groups is 1. The zero-order valence-corrected chi connectivity index (χ0v) is 17.2. The summed E-state index contributed by atoms with van der Waals surface area (Å²) in [7, 11) is 0. The number of rotatable bonds is 4. The molecule has 0 aromatic heterocycles. The van der Waals surface area contributed by atoms with Crippen LogP contribution in [0.25, 0.3) is 5.57 Å². The molecule has 2 aromatic carbocycles. The molecule has 0 unspecified atom stereocenters. The van der Waals surface area contributed by atoms with Gasteiger partial charge in [-0.25, -0.2) is 0 Å². The van der Waals surface area contributed by atoms with Gasteiger partial charge in [-0.15, -0.1) is 0 Å². The Balaban J connectivity index is 1.76. The Morgan fingerprint density at radius 2 is 1.72 bits per heavy atom. The molecule has 0 bridgehead atoms. The van der Waals surface area contributed by atoms with Crippen LogP contribution >= 0.6 is 35.6 Å². The van der Waals surface area contributed by atoms with Crippen molar-refractivity contribution in [3.63, 3.8) is 0 Å². The first-order valence-electron chi connectivity index (χ1n) is 8.52. The Kier molecular flexibility index (Phi) is 5.16. The van der Waals surface area contributed by atoms with Gasteiger partial charge in [-0.3, -0.25) is 19.3 Å². The standard InChI is InChI=1S/C20H13ClN2O4S2/c21-12-7-5-11(6-8-12)9-22-14-4-2-1-3-13(14)16(18(22)26)17-19(27)23(10-15(24)25)20(28)29-17/h1-8H,9-10H2,(H,24,25)/b17-16+. The van der Waals surface area contributed by atoms with Crippen molar-refractivity contribution < 1.29 is 19.5 Å². The number of carbonyl (C=O) groups is 3. The molecule has 2 amide bonds. The zero-order valence-electron chi connectivity index (χ0n) is 14.8. The fourth-order valence-corrected chi connectivity index (χ4v) is 4.70. The largest absolute Gasteiger partial charge is 0.480 e. The van der Waals surface area contributed by atoms with E-state index in [4.69, 9.17) is 28.9 Å². The molecule has 0 atom stereocenters. The fraction of sp³-hybridized carbons (Fsp3) is 0.100.